The summed E-state index contributed by atoms with van der Waals surface area (Å²) in [7, 11) is 0. The summed E-state index contributed by atoms with van der Waals surface area (Å²) < 4.78 is 0. The molecule has 0 aliphatic heterocycles. The summed E-state index contributed by atoms with van der Waals surface area (Å²) in [5.41, 5.74) is 6.95. The summed E-state index contributed by atoms with van der Waals surface area (Å²) in [6.07, 6.45) is 1.48. The molecule has 0 amide bonds. The van der Waals surface area contributed by atoms with Crippen LogP contribution in [0.2, 0.25) is 0 Å². The first kappa shape index (κ1) is 10.7. The summed E-state index contributed by atoms with van der Waals surface area (Å²) in [6, 6.07) is 7.03. The van der Waals surface area contributed by atoms with Crippen molar-refractivity contribution < 1.29 is 9.90 Å². The molecule has 0 saturated heterocycles. The maximum absolute atomic E-state index is 10.9. The van der Waals surface area contributed by atoms with Crippen molar-refractivity contribution in [3.63, 3.8) is 0 Å². The van der Waals surface area contributed by atoms with Gasteiger partial charge >= 0.3 is 5.97 Å². The van der Waals surface area contributed by atoms with Gasteiger partial charge in [0.05, 0.1) is 5.56 Å². The molecule has 14 heavy (non-hydrogen) atoms. The summed E-state index contributed by atoms with van der Waals surface area (Å²) in [4.78, 5) is 10.9. The zero-order chi connectivity index (χ0) is 10.6. The first-order chi connectivity index (χ1) is 6.65. The van der Waals surface area contributed by atoms with Crippen molar-refractivity contribution in [3.05, 3.63) is 35.4 Å². The van der Waals surface area contributed by atoms with Gasteiger partial charge in [0.15, 0.2) is 0 Å². The van der Waals surface area contributed by atoms with Gasteiger partial charge in [-0.25, -0.2) is 4.79 Å². The number of rotatable bonds is 4. The van der Waals surface area contributed by atoms with Gasteiger partial charge in [-0.05, 0) is 24.5 Å². The molecule has 3 N–H and O–H groups in total. The van der Waals surface area contributed by atoms with Crippen LogP contribution in [0, 0.1) is 0 Å². The molecule has 0 heterocycles. The van der Waals surface area contributed by atoms with E-state index < -0.39 is 5.97 Å². The lowest BCUT2D eigenvalue weighted by molar-refractivity contribution is 0.0695. The average molecular weight is 193 g/mol. The van der Waals surface area contributed by atoms with E-state index in [0.29, 0.717) is 12.0 Å². The van der Waals surface area contributed by atoms with E-state index in [9.17, 15) is 4.79 Å². The zero-order valence-electron chi connectivity index (χ0n) is 8.23. The van der Waals surface area contributed by atoms with E-state index in [4.69, 9.17) is 10.8 Å². The van der Waals surface area contributed by atoms with E-state index in [-0.39, 0.29) is 6.04 Å². The number of benzene rings is 1. The predicted molar refractivity (Wildman–Crippen MR) is 55.4 cm³/mol. The van der Waals surface area contributed by atoms with Gasteiger partial charge in [0.25, 0.3) is 0 Å². The minimum atomic E-state index is -0.885. The van der Waals surface area contributed by atoms with Gasteiger partial charge < -0.3 is 10.8 Å². The molecular weight excluding hydrogens is 178 g/mol. The molecule has 0 aliphatic rings. The molecule has 0 fully saturated rings. The Labute approximate surface area is 83.6 Å². The number of carbonyl (C=O) groups is 1. The molecule has 1 atom stereocenters. The minimum absolute atomic E-state index is 0.0375. The fourth-order valence-corrected chi connectivity index (χ4v) is 1.33. The van der Waals surface area contributed by atoms with Gasteiger partial charge in [0.1, 0.15) is 0 Å². The van der Waals surface area contributed by atoms with Crippen LogP contribution >= 0.6 is 0 Å². The second kappa shape index (κ2) is 4.77. The van der Waals surface area contributed by atoms with Crippen LogP contribution in [0.25, 0.3) is 0 Å². The predicted octanol–water partition coefficient (Wildman–Crippen LogP) is 1.66. The largest absolute Gasteiger partial charge is 0.478 e. The quantitative estimate of drug-likeness (QED) is 0.764. The van der Waals surface area contributed by atoms with Crippen molar-refractivity contribution in [3.8, 4) is 0 Å². The topological polar surface area (TPSA) is 63.3 Å². The fraction of sp³-hybridized carbons (Fsp3) is 0.364. The number of aromatic carboxylic acids is 1. The molecule has 0 saturated carbocycles. The monoisotopic (exact) mass is 193 g/mol. The van der Waals surface area contributed by atoms with E-state index in [1.54, 1.807) is 12.1 Å². The Morgan fingerprint density at radius 2 is 2.14 bits per heavy atom. The average Bonchev–Trinajstić information content (AvgIpc) is 2.18. The number of hydrogen-bond acceptors (Lipinski definition) is 2. The molecule has 0 unspecified atom stereocenters. The van der Waals surface area contributed by atoms with Gasteiger partial charge in [0.2, 0.25) is 0 Å². The first-order valence-electron chi connectivity index (χ1n) is 4.72. The van der Waals surface area contributed by atoms with Crippen LogP contribution in [0.5, 0.6) is 0 Å². The van der Waals surface area contributed by atoms with Crippen molar-refractivity contribution in [1.29, 1.82) is 0 Å². The fourth-order valence-electron chi connectivity index (χ4n) is 1.33. The molecule has 3 nitrogen and oxygen atoms in total. The van der Waals surface area contributed by atoms with E-state index in [1.807, 2.05) is 19.1 Å². The number of hydrogen-bond donors (Lipinski definition) is 2. The highest BCUT2D eigenvalue weighted by Crippen LogP contribution is 2.11. The standard InChI is InChI=1S/C11H15NO2/c1-2-9(12)7-8-5-3-4-6-10(8)11(13)14/h3-6,9H,2,7,12H2,1H3,(H,13,14)/t9-/m1/s1. The van der Waals surface area contributed by atoms with Crippen molar-refractivity contribution in [2.24, 2.45) is 5.73 Å². The van der Waals surface area contributed by atoms with Gasteiger partial charge in [-0.3, -0.25) is 0 Å². The van der Waals surface area contributed by atoms with E-state index in [1.165, 1.54) is 0 Å². The second-order valence-corrected chi connectivity index (χ2v) is 3.33. The van der Waals surface area contributed by atoms with Crippen LogP contribution in [-0.2, 0) is 6.42 Å². The first-order valence-corrected chi connectivity index (χ1v) is 4.72. The minimum Gasteiger partial charge on any atom is -0.478 e. The van der Waals surface area contributed by atoms with Gasteiger partial charge in [-0.2, -0.15) is 0 Å². The highest BCUT2D eigenvalue weighted by molar-refractivity contribution is 5.89. The number of carboxylic acids is 1. The highest BCUT2D eigenvalue weighted by atomic mass is 16.4. The Hall–Kier alpha value is -1.35. The van der Waals surface area contributed by atoms with Crippen LogP contribution in [0.4, 0.5) is 0 Å². The Bertz CT molecular complexity index is 323. The van der Waals surface area contributed by atoms with Gasteiger partial charge in [-0.1, -0.05) is 25.1 Å². The molecule has 0 radical (unpaired) electrons. The molecule has 0 aliphatic carbocycles. The highest BCUT2D eigenvalue weighted by Gasteiger charge is 2.10. The van der Waals surface area contributed by atoms with Crippen molar-refractivity contribution in [2.45, 2.75) is 25.8 Å². The van der Waals surface area contributed by atoms with Crippen LogP contribution in [-0.4, -0.2) is 17.1 Å². The third-order valence-corrected chi connectivity index (χ3v) is 2.25. The Balaban J connectivity index is 2.90. The summed E-state index contributed by atoms with van der Waals surface area (Å²) in [6.45, 7) is 1.99. The van der Waals surface area contributed by atoms with Crippen molar-refractivity contribution >= 4 is 5.97 Å². The Kier molecular flexibility index (Phi) is 3.65. The molecular formula is C11H15NO2. The lowest BCUT2D eigenvalue weighted by Crippen LogP contribution is -2.22. The summed E-state index contributed by atoms with van der Waals surface area (Å²) >= 11 is 0. The van der Waals surface area contributed by atoms with Crippen LogP contribution in [0.15, 0.2) is 24.3 Å². The third kappa shape index (κ3) is 2.57. The Morgan fingerprint density at radius 3 is 2.71 bits per heavy atom. The molecule has 3 heteroatoms. The van der Waals surface area contributed by atoms with Crippen LogP contribution in [0.3, 0.4) is 0 Å². The molecule has 1 rings (SSSR count). The smallest absolute Gasteiger partial charge is 0.335 e. The van der Waals surface area contributed by atoms with Crippen molar-refractivity contribution in [1.82, 2.24) is 0 Å². The lowest BCUT2D eigenvalue weighted by atomic mass is 9.99. The number of carboxylic acid groups (broad SMARTS) is 1. The molecule has 0 spiro atoms. The second-order valence-electron chi connectivity index (χ2n) is 3.33. The van der Waals surface area contributed by atoms with E-state index in [2.05, 4.69) is 0 Å². The maximum atomic E-state index is 10.9. The molecule has 0 aromatic heterocycles. The third-order valence-electron chi connectivity index (χ3n) is 2.25. The Morgan fingerprint density at radius 1 is 1.50 bits per heavy atom. The lowest BCUT2D eigenvalue weighted by Gasteiger charge is -2.10. The van der Waals surface area contributed by atoms with E-state index in [0.717, 1.165) is 12.0 Å². The van der Waals surface area contributed by atoms with Gasteiger partial charge in [-0.15, -0.1) is 0 Å². The SMILES string of the molecule is CC[C@@H](N)Cc1ccccc1C(=O)O. The molecule has 1 aromatic rings. The van der Waals surface area contributed by atoms with Crippen LogP contribution < -0.4 is 5.73 Å². The number of nitrogens with two attached hydrogens (primary N) is 1. The summed E-state index contributed by atoms with van der Waals surface area (Å²) in [5, 5.41) is 8.91. The van der Waals surface area contributed by atoms with Crippen molar-refractivity contribution in [2.75, 3.05) is 0 Å². The molecule has 0 bridgehead atoms. The zero-order valence-corrected chi connectivity index (χ0v) is 8.23. The molecule has 1 aromatic carbocycles. The summed E-state index contributed by atoms with van der Waals surface area (Å²) in [5.74, 6) is -0.885. The maximum Gasteiger partial charge on any atom is 0.335 e. The molecule has 76 valence electrons. The van der Waals surface area contributed by atoms with E-state index >= 15 is 0 Å². The normalized spacial score (nSPS) is 12.4. The van der Waals surface area contributed by atoms with Crippen LogP contribution in [0.1, 0.15) is 29.3 Å². The van der Waals surface area contributed by atoms with Gasteiger partial charge in [0, 0.05) is 6.04 Å².